The van der Waals surface area contributed by atoms with Gasteiger partial charge in [0, 0.05) is 38.3 Å². The van der Waals surface area contributed by atoms with Crippen molar-refractivity contribution in [3.8, 4) is 5.75 Å². The van der Waals surface area contributed by atoms with E-state index in [2.05, 4.69) is 10.1 Å². The van der Waals surface area contributed by atoms with E-state index in [0.29, 0.717) is 30.9 Å². The maximum absolute atomic E-state index is 14.0. The Balaban J connectivity index is 1.92. The average Bonchev–Trinajstić information content (AvgIpc) is 2.84. The quantitative estimate of drug-likeness (QED) is 0.528. The van der Waals surface area contributed by atoms with E-state index in [-0.39, 0.29) is 47.6 Å². The van der Waals surface area contributed by atoms with E-state index in [1.54, 1.807) is 35.8 Å². The van der Waals surface area contributed by atoms with E-state index in [9.17, 15) is 19.2 Å². The van der Waals surface area contributed by atoms with Crippen LogP contribution in [0.1, 0.15) is 71.7 Å². The molecular formula is C28H41ClN4O7. The third kappa shape index (κ3) is 7.10. The molecule has 2 aliphatic heterocycles. The van der Waals surface area contributed by atoms with Gasteiger partial charge in [0.25, 0.3) is 11.8 Å². The number of ether oxygens (including phenoxy) is 3. The van der Waals surface area contributed by atoms with Gasteiger partial charge in [-0.15, -0.1) is 0 Å². The summed E-state index contributed by atoms with van der Waals surface area (Å²) >= 11 is 6.65. The molecule has 11 nitrogen and oxygen atoms in total. The standard InChI is InChI=1S/C28H41ClN4O7/c1-17(2)33(18-10-9-12-31(16-18)26(37)40-27(3,4)5)23(34)19-14-21-22(15-20(19)29)39-28(6,7)24(35)32(21)13-11-30-25(36)38-8/h14-15,17-18H,9-13,16H2,1-8H3,(H,30,36)/t18-/m1/s1. The monoisotopic (exact) mass is 580 g/mol. The average molecular weight is 581 g/mol. The van der Waals surface area contributed by atoms with Crippen molar-refractivity contribution in [1.82, 2.24) is 15.1 Å². The molecule has 0 radical (unpaired) electrons. The van der Waals surface area contributed by atoms with Gasteiger partial charge < -0.3 is 34.2 Å². The van der Waals surface area contributed by atoms with Crippen LogP contribution in [0.4, 0.5) is 15.3 Å². The van der Waals surface area contributed by atoms with Crippen LogP contribution in [-0.2, 0) is 14.3 Å². The van der Waals surface area contributed by atoms with E-state index >= 15 is 0 Å². The lowest BCUT2D eigenvalue weighted by Crippen LogP contribution is -2.55. The summed E-state index contributed by atoms with van der Waals surface area (Å²) in [5.74, 6) is -0.286. The minimum absolute atomic E-state index is 0.126. The number of piperidine rings is 1. The summed E-state index contributed by atoms with van der Waals surface area (Å²) in [6.45, 7) is 13.7. The molecule has 1 fully saturated rings. The first kappa shape index (κ1) is 31.3. The first-order valence-electron chi connectivity index (χ1n) is 13.5. The maximum Gasteiger partial charge on any atom is 0.410 e. The fourth-order valence-corrected chi connectivity index (χ4v) is 5.19. The SMILES string of the molecule is COC(=O)NCCN1C(=O)C(C)(C)Oc2cc(Cl)c(C(=O)N(C(C)C)[C@@H]3CCCN(C(=O)OC(C)(C)C)C3)cc21. The molecule has 0 bridgehead atoms. The summed E-state index contributed by atoms with van der Waals surface area (Å²) in [7, 11) is 1.26. The normalized spacial score (nSPS) is 18.6. The number of likely N-dealkylation sites (tertiary alicyclic amines) is 1. The predicted octanol–water partition coefficient (Wildman–Crippen LogP) is 4.45. The van der Waals surface area contributed by atoms with Gasteiger partial charge in [0.2, 0.25) is 0 Å². The fraction of sp³-hybridized carbons (Fsp3) is 0.643. The maximum atomic E-state index is 14.0. The number of methoxy groups -OCH3 is 1. The largest absolute Gasteiger partial charge is 0.476 e. The number of benzene rings is 1. The van der Waals surface area contributed by atoms with Crippen molar-refractivity contribution < 1.29 is 33.4 Å². The zero-order valence-electron chi connectivity index (χ0n) is 24.6. The third-order valence-corrected chi connectivity index (χ3v) is 7.03. The van der Waals surface area contributed by atoms with E-state index in [1.165, 1.54) is 12.0 Å². The molecule has 12 heteroatoms. The van der Waals surface area contributed by atoms with Crippen molar-refractivity contribution in [2.24, 2.45) is 0 Å². The molecule has 222 valence electrons. The highest BCUT2D eigenvalue weighted by Gasteiger charge is 2.42. The van der Waals surface area contributed by atoms with Gasteiger partial charge in [-0.25, -0.2) is 9.59 Å². The van der Waals surface area contributed by atoms with Crippen molar-refractivity contribution in [1.29, 1.82) is 0 Å². The molecule has 0 unspecified atom stereocenters. The van der Waals surface area contributed by atoms with Crippen molar-refractivity contribution in [2.45, 2.75) is 84.6 Å². The lowest BCUT2D eigenvalue weighted by atomic mass is 9.99. The first-order valence-corrected chi connectivity index (χ1v) is 13.9. The number of alkyl carbamates (subject to hydrolysis) is 1. The molecule has 2 aliphatic rings. The van der Waals surface area contributed by atoms with Gasteiger partial charge in [0.15, 0.2) is 5.60 Å². The van der Waals surface area contributed by atoms with Crippen LogP contribution in [0.15, 0.2) is 12.1 Å². The molecule has 1 aromatic rings. The second-order valence-electron chi connectivity index (χ2n) is 11.8. The molecule has 0 saturated carbocycles. The van der Waals surface area contributed by atoms with Crippen LogP contribution in [0.2, 0.25) is 5.02 Å². The van der Waals surface area contributed by atoms with Crippen LogP contribution in [0, 0.1) is 0 Å². The minimum Gasteiger partial charge on any atom is -0.476 e. The van der Waals surface area contributed by atoms with Crippen molar-refractivity contribution in [3.63, 3.8) is 0 Å². The van der Waals surface area contributed by atoms with E-state index in [1.807, 2.05) is 34.6 Å². The van der Waals surface area contributed by atoms with Gasteiger partial charge in [0.1, 0.15) is 11.4 Å². The molecule has 0 spiro atoms. The zero-order valence-corrected chi connectivity index (χ0v) is 25.4. The van der Waals surface area contributed by atoms with Gasteiger partial charge >= 0.3 is 12.2 Å². The van der Waals surface area contributed by atoms with Gasteiger partial charge in [0.05, 0.1) is 29.4 Å². The summed E-state index contributed by atoms with van der Waals surface area (Å²) in [5, 5.41) is 2.76. The molecule has 1 aromatic carbocycles. The number of nitrogens with one attached hydrogen (secondary N) is 1. The van der Waals surface area contributed by atoms with Gasteiger partial charge in [-0.2, -0.15) is 0 Å². The van der Waals surface area contributed by atoms with E-state index < -0.39 is 23.4 Å². The lowest BCUT2D eigenvalue weighted by molar-refractivity contribution is -0.132. The Kier molecular flexibility index (Phi) is 9.49. The smallest absolute Gasteiger partial charge is 0.410 e. The molecule has 1 saturated heterocycles. The van der Waals surface area contributed by atoms with Crippen LogP contribution in [0.3, 0.4) is 0 Å². The van der Waals surface area contributed by atoms with Crippen molar-refractivity contribution >= 4 is 41.3 Å². The van der Waals surface area contributed by atoms with Crippen LogP contribution >= 0.6 is 11.6 Å². The number of halogens is 1. The highest BCUT2D eigenvalue weighted by molar-refractivity contribution is 6.34. The number of amides is 4. The molecule has 40 heavy (non-hydrogen) atoms. The predicted molar refractivity (Wildman–Crippen MR) is 151 cm³/mol. The molecule has 3 rings (SSSR count). The summed E-state index contributed by atoms with van der Waals surface area (Å²) in [6, 6.07) is 2.67. The van der Waals surface area contributed by atoms with Crippen molar-refractivity contribution in [3.05, 3.63) is 22.7 Å². The van der Waals surface area contributed by atoms with Crippen molar-refractivity contribution in [2.75, 3.05) is 38.2 Å². The second-order valence-corrected chi connectivity index (χ2v) is 12.2. The Morgan fingerprint density at radius 3 is 2.52 bits per heavy atom. The first-order chi connectivity index (χ1) is 18.6. The molecule has 0 aromatic heterocycles. The molecule has 1 atom stereocenters. The van der Waals surface area contributed by atoms with Gasteiger partial charge in [-0.05, 0) is 67.4 Å². The summed E-state index contributed by atoms with van der Waals surface area (Å²) < 4.78 is 16.1. The molecule has 2 heterocycles. The second kappa shape index (κ2) is 12.1. The number of rotatable bonds is 6. The Bertz CT molecular complexity index is 1150. The Labute approximate surface area is 241 Å². The van der Waals surface area contributed by atoms with Crippen LogP contribution < -0.4 is 15.0 Å². The molecule has 4 amide bonds. The van der Waals surface area contributed by atoms with Gasteiger partial charge in [-0.3, -0.25) is 9.59 Å². The molecule has 0 aliphatic carbocycles. The number of anilines is 1. The Hall–Kier alpha value is -3.21. The zero-order chi connectivity index (χ0) is 30.0. The molecular weight excluding hydrogens is 540 g/mol. The number of hydrogen-bond donors (Lipinski definition) is 1. The van der Waals surface area contributed by atoms with E-state index in [0.717, 1.165) is 6.42 Å². The fourth-order valence-electron chi connectivity index (χ4n) is 4.95. The number of carbonyl (C=O) groups is 4. The Morgan fingerprint density at radius 1 is 1.25 bits per heavy atom. The van der Waals surface area contributed by atoms with Crippen LogP contribution in [-0.4, -0.2) is 90.4 Å². The lowest BCUT2D eigenvalue weighted by Gasteiger charge is -2.42. The topological polar surface area (TPSA) is 118 Å². The summed E-state index contributed by atoms with van der Waals surface area (Å²) in [5.41, 5.74) is -1.21. The van der Waals surface area contributed by atoms with Crippen LogP contribution in [0.25, 0.3) is 0 Å². The Morgan fingerprint density at radius 2 is 1.93 bits per heavy atom. The summed E-state index contributed by atoms with van der Waals surface area (Å²) in [6.07, 6.45) is 0.408. The number of fused-ring (bicyclic) bond motifs is 1. The number of nitrogens with zero attached hydrogens (tertiary/aromatic N) is 3. The third-order valence-electron chi connectivity index (χ3n) is 6.72. The molecule has 1 N–H and O–H groups in total. The highest BCUT2D eigenvalue weighted by Crippen LogP contribution is 2.41. The van der Waals surface area contributed by atoms with E-state index in [4.69, 9.17) is 21.1 Å². The van der Waals surface area contributed by atoms with Gasteiger partial charge in [-0.1, -0.05) is 11.6 Å². The summed E-state index contributed by atoms with van der Waals surface area (Å²) in [4.78, 5) is 56.5. The highest BCUT2D eigenvalue weighted by atomic mass is 35.5. The number of carbonyl (C=O) groups excluding carboxylic acids is 4. The number of hydrogen-bond acceptors (Lipinski definition) is 7. The van der Waals surface area contributed by atoms with Crippen LogP contribution in [0.5, 0.6) is 5.75 Å². The minimum atomic E-state index is -1.18.